The van der Waals surface area contributed by atoms with E-state index in [1.807, 2.05) is 0 Å². The van der Waals surface area contributed by atoms with Crippen molar-refractivity contribution in [3.8, 4) is 0 Å². The number of hydrogen-bond acceptors (Lipinski definition) is 3. The summed E-state index contributed by atoms with van der Waals surface area (Å²) in [6, 6.07) is 0.721. The molecule has 1 heterocycles. The fourth-order valence-electron chi connectivity index (χ4n) is 3.06. The van der Waals surface area contributed by atoms with Gasteiger partial charge in [-0.1, -0.05) is 60.3 Å². The van der Waals surface area contributed by atoms with Gasteiger partial charge in [-0.2, -0.15) is 23.5 Å². The van der Waals surface area contributed by atoms with E-state index in [-0.39, 0.29) is 0 Å². The fraction of sp³-hybridized carbons (Fsp3) is 1.00. The first kappa shape index (κ1) is 19.7. The van der Waals surface area contributed by atoms with Crippen LogP contribution in [-0.4, -0.2) is 34.1 Å². The maximum Gasteiger partial charge on any atom is 0.0294 e. The summed E-state index contributed by atoms with van der Waals surface area (Å²) < 4.78 is 0. The third-order valence-electron chi connectivity index (χ3n) is 4.81. The van der Waals surface area contributed by atoms with E-state index in [4.69, 9.17) is 0 Å². The highest BCUT2D eigenvalue weighted by molar-refractivity contribution is 8.07. The average molecular weight is 332 g/mol. The van der Waals surface area contributed by atoms with E-state index in [0.717, 1.165) is 27.7 Å². The Morgan fingerprint density at radius 2 is 1.86 bits per heavy atom. The van der Waals surface area contributed by atoms with Gasteiger partial charge in [0.1, 0.15) is 0 Å². The maximum absolute atomic E-state index is 3.88. The molecular weight excluding hydrogens is 294 g/mol. The van der Waals surface area contributed by atoms with Gasteiger partial charge >= 0.3 is 0 Å². The molecule has 1 saturated heterocycles. The normalized spacial score (nSPS) is 29.3. The molecule has 1 nitrogen and oxygen atoms in total. The maximum atomic E-state index is 3.88. The lowest BCUT2D eigenvalue weighted by atomic mass is 9.91. The van der Waals surface area contributed by atoms with Gasteiger partial charge in [0.15, 0.2) is 0 Å². The fourth-order valence-corrected chi connectivity index (χ4v) is 6.20. The molecule has 0 aromatic carbocycles. The third kappa shape index (κ3) is 7.18. The summed E-state index contributed by atoms with van der Waals surface area (Å²) in [4.78, 5) is 0. The van der Waals surface area contributed by atoms with E-state index < -0.39 is 0 Å². The van der Waals surface area contributed by atoms with Gasteiger partial charge in [0.25, 0.3) is 0 Å². The molecule has 0 amide bonds. The van der Waals surface area contributed by atoms with Crippen LogP contribution in [0.1, 0.15) is 73.1 Å². The second-order valence-corrected chi connectivity index (χ2v) is 9.66. The van der Waals surface area contributed by atoms with Crippen molar-refractivity contribution < 1.29 is 0 Å². The van der Waals surface area contributed by atoms with Gasteiger partial charge in [0, 0.05) is 27.5 Å². The van der Waals surface area contributed by atoms with Crippen molar-refractivity contribution in [3.05, 3.63) is 0 Å². The number of rotatable bonds is 10. The SMILES string of the molecule is CCCCC(CC)CC(NCCC)C1CSC(C)C(C)S1. The Labute approximate surface area is 142 Å². The van der Waals surface area contributed by atoms with Crippen molar-refractivity contribution in [2.75, 3.05) is 12.3 Å². The summed E-state index contributed by atoms with van der Waals surface area (Å²) in [5.74, 6) is 2.25. The molecule has 0 radical (unpaired) electrons. The highest BCUT2D eigenvalue weighted by atomic mass is 32.2. The van der Waals surface area contributed by atoms with E-state index in [9.17, 15) is 0 Å². The number of unbranched alkanes of at least 4 members (excludes halogenated alkanes) is 1. The van der Waals surface area contributed by atoms with Gasteiger partial charge in [0.2, 0.25) is 0 Å². The lowest BCUT2D eigenvalue weighted by Gasteiger charge is -2.37. The molecule has 0 aliphatic carbocycles. The molecule has 0 spiro atoms. The molecule has 0 aromatic rings. The Morgan fingerprint density at radius 1 is 1.10 bits per heavy atom. The van der Waals surface area contributed by atoms with Crippen molar-refractivity contribution in [2.24, 2.45) is 5.92 Å². The molecule has 1 aliphatic rings. The van der Waals surface area contributed by atoms with Gasteiger partial charge in [-0.15, -0.1) is 0 Å². The van der Waals surface area contributed by atoms with E-state index in [1.54, 1.807) is 0 Å². The molecule has 126 valence electrons. The topological polar surface area (TPSA) is 12.0 Å². The first-order chi connectivity index (χ1) is 10.1. The second-order valence-electron chi connectivity index (χ2n) is 6.63. The molecule has 1 fully saturated rings. The number of hydrogen-bond donors (Lipinski definition) is 1. The van der Waals surface area contributed by atoms with E-state index >= 15 is 0 Å². The van der Waals surface area contributed by atoms with Crippen LogP contribution in [-0.2, 0) is 0 Å². The molecule has 0 bridgehead atoms. The van der Waals surface area contributed by atoms with Crippen LogP contribution >= 0.6 is 23.5 Å². The molecule has 1 aliphatic heterocycles. The van der Waals surface area contributed by atoms with Crippen LogP contribution in [0.15, 0.2) is 0 Å². The molecule has 5 atom stereocenters. The molecule has 3 heteroatoms. The van der Waals surface area contributed by atoms with Crippen molar-refractivity contribution in [2.45, 2.75) is 94.9 Å². The average Bonchev–Trinajstić information content (AvgIpc) is 2.49. The van der Waals surface area contributed by atoms with Gasteiger partial charge in [-0.3, -0.25) is 0 Å². The van der Waals surface area contributed by atoms with Crippen molar-refractivity contribution in [1.29, 1.82) is 0 Å². The minimum absolute atomic E-state index is 0.721. The van der Waals surface area contributed by atoms with E-state index in [0.29, 0.717) is 0 Å². The minimum atomic E-state index is 0.721. The Bertz CT molecular complexity index is 260. The van der Waals surface area contributed by atoms with Crippen molar-refractivity contribution in [3.63, 3.8) is 0 Å². The van der Waals surface area contributed by atoms with Crippen molar-refractivity contribution >= 4 is 23.5 Å². The lowest BCUT2D eigenvalue weighted by molar-refractivity contribution is 0.348. The first-order valence-corrected chi connectivity index (χ1v) is 11.1. The Kier molecular flexibility index (Phi) is 10.5. The van der Waals surface area contributed by atoms with Gasteiger partial charge in [0.05, 0.1) is 0 Å². The van der Waals surface area contributed by atoms with Crippen LogP contribution in [0.2, 0.25) is 0 Å². The standard InChI is InChI=1S/C18H37NS2/c1-6-9-10-16(8-3)12-17(19-11-7-2)18-13-20-14(4)15(5)21-18/h14-19H,6-13H2,1-5H3. The van der Waals surface area contributed by atoms with Gasteiger partial charge in [-0.25, -0.2) is 0 Å². The second kappa shape index (κ2) is 11.2. The van der Waals surface area contributed by atoms with E-state index in [2.05, 4.69) is 63.5 Å². The summed E-state index contributed by atoms with van der Waals surface area (Å²) in [5.41, 5.74) is 0. The third-order valence-corrected chi connectivity index (χ3v) is 8.36. The van der Waals surface area contributed by atoms with Crippen LogP contribution in [0.5, 0.6) is 0 Å². The molecule has 5 unspecified atom stereocenters. The summed E-state index contributed by atoms with van der Waals surface area (Å²) in [6.45, 7) is 13.0. The Hall–Kier alpha value is 0.660. The quantitative estimate of drug-likeness (QED) is 0.560. The minimum Gasteiger partial charge on any atom is -0.313 e. The largest absolute Gasteiger partial charge is 0.313 e. The molecule has 1 N–H and O–H groups in total. The zero-order valence-electron chi connectivity index (χ0n) is 14.9. The summed E-state index contributed by atoms with van der Waals surface area (Å²) >= 11 is 4.43. The number of nitrogens with one attached hydrogen (secondary N) is 1. The van der Waals surface area contributed by atoms with Crippen LogP contribution in [0, 0.1) is 5.92 Å². The smallest absolute Gasteiger partial charge is 0.0294 e. The Balaban J connectivity index is 2.57. The summed E-state index contributed by atoms with van der Waals surface area (Å²) in [5, 5.41) is 6.31. The Morgan fingerprint density at radius 3 is 2.43 bits per heavy atom. The molecule has 1 rings (SSSR count). The predicted octanol–water partition coefficient (Wildman–Crippen LogP) is 5.59. The highest BCUT2D eigenvalue weighted by Crippen LogP contribution is 2.38. The van der Waals surface area contributed by atoms with Gasteiger partial charge in [-0.05, 0) is 25.3 Å². The molecule has 21 heavy (non-hydrogen) atoms. The van der Waals surface area contributed by atoms with Gasteiger partial charge < -0.3 is 5.32 Å². The molecule has 0 aromatic heterocycles. The highest BCUT2D eigenvalue weighted by Gasteiger charge is 2.31. The molecule has 0 saturated carbocycles. The predicted molar refractivity (Wildman–Crippen MR) is 103 cm³/mol. The number of thioether (sulfide) groups is 2. The van der Waals surface area contributed by atoms with Crippen LogP contribution in [0.4, 0.5) is 0 Å². The summed E-state index contributed by atoms with van der Waals surface area (Å²) in [7, 11) is 0. The first-order valence-electron chi connectivity index (χ1n) is 9.12. The van der Waals surface area contributed by atoms with E-state index in [1.165, 1.54) is 50.8 Å². The lowest BCUT2D eigenvalue weighted by Crippen LogP contribution is -2.44. The van der Waals surface area contributed by atoms with Crippen LogP contribution < -0.4 is 5.32 Å². The summed E-state index contributed by atoms with van der Waals surface area (Å²) in [6.07, 6.45) is 8.15. The molecular formula is C18H37NS2. The van der Waals surface area contributed by atoms with Crippen LogP contribution in [0.3, 0.4) is 0 Å². The van der Waals surface area contributed by atoms with Crippen molar-refractivity contribution in [1.82, 2.24) is 5.32 Å². The zero-order valence-corrected chi connectivity index (χ0v) is 16.5. The monoisotopic (exact) mass is 331 g/mol. The zero-order chi connectivity index (χ0) is 15.7. The van der Waals surface area contributed by atoms with Crippen LogP contribution in [0.25, 0.3) is 0 Å².